The Morgan fingerprint density at radius 2 is 0.507 bits per heavy atom. The first-order valence-electron chi connectivity index (χ1n) is 28.8. The lowest BCUT2D eigenvalue weighted by molar-refractivity contribution is -0.123. The maximum atomic E-state index is 11.5. The molecule has 0 amide bonds. The van der Waals surface area contributed by atoms with Crippen molar-refractivity contribution in [3.8, 4) is 0 Å². The monoisotopic (exact) mass is 1010 g/mol. The molecule has 0 heterocycles. The molecule has 0 atom stereocenters. The van der Waals surface area contributed by atoms with Crippen LogP contribution in [0.4, 0.5) is 0 Å². The molecule has 9 heteroatoms. The maximum absolute atomic E-state index is 11.5. The predicted molar refractivity (Wildman–Crippen MR) is 302 cm³/mol. The molecule has 0 aliphatic heterocycles. The normalized spacial score (nSPS) is 11.2. The summed E-state index contributed by atoms with van der Waals surface area (Å²) in [6.07, 6.45) is 18.7. The van der Waals surface area contributed by atoms with Gasteiger partial charge < -0.3 is 9.47 Å². The minimum absolute atomic E-state index is 0.0890. The Hall–Kier alpha value is -2.39. The highest BCUT2D eigenvalue weighted by molar-refractivity contribution is 5.82. The van der Waals surface area contributed by atoms with Crippen LogP contribution in [0.5, 0.6) is 0 Å². The number of Topliss-reactive ketones (excluding diaryl/α,β-unsaturated/α-hetero) is 7. The van der Waals surface area contributed by atoms with Crippen molar-refractivity contribution in [1.82, 2.24) is 0 Å². The Balaban J connectivity index is -0.000000261. The van der Waals surface area contributed by atoms with Crippen LogP contribution in [0.2, 0.25) is 0 Å². The van der Waals surface area contributed by atoms with Crippen molar-refractivity contribution in [2.45, 2.75) is 273 Å². The highest BCUT2D eigenvalue weighted by atomic mass is 16.5. The fourth-order valence-electron chi connectivity index (χ4n) is 6.29. The second kappa shape index (κ2) is 52.5. The first-order chi connectivity index (χ1) is 33.0. The third-order valence-electron chi connectivity index (χ3n) is 11.8. The summed E-state index contributed by atoms with van der Waals surface area (Å²) in [7, 11) is 0. The molecule has 0 saturated heterocycles. The molecule has 0 aromatic heterocycles. The van der Waals surface area contributed by atoms with E-state index < -0.39 is 0 Å². The molecule has 0 fully saturated rings. The van der Waals surface area contributed by atoms with Crippen LogP contribution in [0.25, 0.3) is 0 Å². The van der Waals surface area contributed by atoms with E-state index in [1.807, 2.05) is 69.2 Å². The van der Waals surface area contributed by atoms with Gasteiger partial charge in [-0.2, -0.15) is 0 Å². The summed E-state index contributed by atoms with van der Waals surface area (Å²) in [5, 5.41) is 0. The molecule has 0 aliphatic carbocycles. The van der Waals surface area contributed by atoms with Gasteiger partial charge in [0.25, 0.3) is 0 Å². The number of unbranched alkanes of at least 4 members (excludes halogenated alkanes) is 2. The lowest BCUT2D eigenvalue weighted by Crippen LogP contribution is -2.11. The molecule has 0 aliphatic rings. The molecule has 0 unspecified atom stereocenters. The van der Waals surface area contributed by atoms with Crippen molar-refractivity contribution in [3.05, 3.63) is 0 Å². The van der Waals surface area contributed by atoms with E-state index in [9.17, 15) is 33.6 Å². The van der Waals surface area contributed by atoms with Crippen molar-refractivity contribution in [1.29, 1.82) is 0 Å². The molecule has 0 radical (unpaired) electrons. The topological polar surface area (TPSA) is 138 Å². The Morgan fingerprint density at radius 3 is 0.859 bits per heavy atom. The molecule has 71 heavy (non-hydrogen) atoms. The molecule has 0 aromatic rings. The average Bonchev–Trinajstić information content (AvgIpc) is 3.26. The summed E-state index contributed by atoms with van der Waals surface area (Å²) in [6, 6.07) is 0. The van der Waals surface area contributed by atoms with Crippen molar-refractivity contribution >= 4 is 40.5 Å². The van der Waals surface area contributed by atoms with Crippen molar-refractivity contribution in [2.24, 2.45) is 59.2 Å². The Bertz CT molecular complexity index is 1300. The smallest absolute Gasteiger partial charge is 0.137 e. The van der Waals surface area contributed by atoms with Gasteiger partial charge in [-0.25, -0.2) is 0 Å². The van der Waals surface area contributed by atoms with E-state index >= 15 is 0 Å². The van der Waals surface area contributed by atoms with Crippen LogP contribution < -0.4 is 0 Å². The molecule has 0 bridgehead atoms. The molecule has 0 N–H and O–H groups in total. The van der Waals surface area contributed by atoms with Crippen LogP contribution in [0, 0.1) is 59.2 Å². The van der Waals surface area contributed by atoms with E-state index in [2.05, 4.69) is 69.2 Å². The van der Waals surface area contributed by atoms with Gasteiger partial charge in [-0.15, -0.1) is 0 Å². The van der Waals surface area contributed by atoms with Crippen LogP contribution >= 0.6 is 0 Å². The van der Waals surface area contributed by atoms with Gasteiger partial charge in [-0.05, 0) is 74.5 Å². The Labute approximate surface area is 440 Å². The zero-order chi connectivity index (χ0) is 55.9. The number of ketones is 7. The third kappa shape index (κ3) is 67.6. The minimum Gasteiger partial charge on any atom is -0.381 e. The van der Waals surface area contributed by atoms with Crippen LogP contribution in [0.3, 0.4) is 0 Å². The molecule has 0 saturated carbocycles. The zero-order valence-electron chi connectivity index (χ0n) is 50.6. The quantitative estimate of drug-likeness (QED) is 0.0551. The third-order valence-corrected chi connectivity index (χ3v) is 11.8. The van der Waals surface area contributed by atoms with E-state index in [4.69, 9.17) is 9.47 Å². The SMILES string of the molecule is CC(C)CCC(=O)C(C)C.CC(C)CCC(=O)CCCOCCC(=O)C(C)C.CC(C)CCCC(=O)C(C)C.CC(C)CCCC(=O)CCCOCCC(=O)C(C)C.CC(C)CCCCCC(=O)C(C)C. The average molecular weight is 1010 g/mol. The van der Waals surface area contributed by atoms with Crippen LogP contribution in [0.15, 0.2) is 0 Å². The summed E-state index contributed by atoms with van der Waals surface area (Å²) in [5.41, 5.74) is 0. The predicted octanol–water partition coefficient (Wildman–Crippen LogP) is 16.7. The number of carbonyl (C=O) groups excluding carboxylic acids is 7. The molecular formula is C62H120O9. The van der Waals surface area contributed by atoms with E-state index in [1.165, 1.54) is 25.7 Å². The summed E-state index contributed by atoms with van der Waals surface area (Å²) in [6.45, 7) is 43.3. The van der Waals surface area contributed by atoms with Gasteiger partial charge >= 0.3 is 0 Å². The molecular weight excluding hydrogens is 889 g/mol. The van der Waals surface area contributed by atoms with E-state index in [-0.39, 0.29) is 41.2 Å². The number of rotatable bonds is 39. The van der Waals surface area contributed by atoms with Gasteiger partial charge in [-0.1, -0.05) is 171 Å². The second-order valence-electron chi connectivity index (χ2n) is 23.5. The van der Waals surface area contributed by atoms with Crippen molar-refractivity contribution in [3.63, 3.8) is 0 Å². The Morgan fingerprint density at radius 1 is 0.239 bits per heavy atom. The highest BCUT2D eigenvalue weighted by Crippen LogP contribution is 2.13. The van der Waals surface area contributed by atoms with Crippen LogP contribution in [0.1, 0.15) is 273 Å². The fourth-order valence-corrected chi connectivity index (χ4v) is 6.29. The van der Waals surface area contributed by atoms with E-state index in [0.29, 0.717) is 112 Å². The second-order valence-corrected chi connectivity index (χ2v) is 23.5. The number of ether oxygens (including phenoxy) is 2. The van der Waals surface area contributed by atoms with E-state index in [1.54, 1.807) is 0 Å². The summed E-state index contributed by atoms with van der Waals surface area (Å²) in [5.74, 6) is 6.67. The largest absolute Gasteiger partial charge is 0.381 e. The van der Waals surface area contributed by atoms with Gasteiger partial charge in [0.15, 0.2) is 0 Å². The molecule has 0 rings (SSSR count). The molecule has 9 nitrogen and oxygen atoms in total. The number of hydrogen-bond acceptors (Lipinski definition) is 9. The van der Waals surface area contributed by atoms with Gasteiger partial charge in [0.05, 0.1) is 13.2 Å². The minimum atomic E-state index is 0.0890. The van der Waals surface area contributed by atoms with E-state index in [0.717, 1.165) is 82.5 Å². The van der Waals surface area contributed by atoms with Crippen LogP contribution in [-0.2, 0) is 43.0 Å². The molecule has 0 aromatic carbocycles. The first kappa shape index (κ1) is 77.5. The lowest BCUT2D eigenvalue weighted by Gasteiger charge is -2.06. The highest BCUT2D eigenvalue weighted by Gasteiger charge is 2.11. The fraction of sp³-hybridized carbons (Fsp3) is 0.887. The lowest BCUT2D eigenvalue weighted by atomic mass is 10.00. The van der Waals surface area contributed by atoms with Crippen LogP contribution in [-0.4, -0.2) is 66.9 Å². The maximum Gasteiger partial charge on any atom is 0.137 e. The van der Waals surface area contributed by atoms with Crippen molar-refractivity contribution in [2.75, 3.05) is 26.4 Å². The first-order valence-corrected chi connectivity index (χ1v) is 28.8. The standard InChI is InChI=1S/C16H30O3.C15H28O3.C12H24O.C10H20O.C9H18O/c1-13(2)7-5-8-15(17)9-6-11-19-12-10-16(18)14(3)4;1-12(2)7-8-14(16)6-5-10-18-11-9-15(17)13(3)4;1-10(2)8-6-5-7-9-12(13)11(3)4;1-8(2)6-5-7-10(11)9(3)4;1-7(2)5-6-9(10)8(3)4/h13-14H,5-12H2,1-4H3;12-13H,5-11H2,1-4H3;10-11H,5-9H2,1-4H3;8-9H,5-7H2,1-4H3;7-8H,5-6H2,1-4H3. The summed E-state index contributed by atoms with van der Waals surface area (Å²) >= 11 is 0. The van der Waals surface area contributed by atoms with Gasteiger partial charge in [0.1, 0.15) is 40.5 Å². The Kier molecular flexibility index (Phi) is 57.3. The summed E-state index contributed by atoms with van der Waals surface area (Å²) in [4.78, 5) is 79.0. The molecule has 0 spiro atoms. The van der Waals surface area contributed by atoms with Gasteiger partial charge in [0.2, 0.25) is 0 Å². The number of carbonyl (C=O) groups is 7. The van der Waals surface area contributed by atoms with Crippen molar-refractivity contribution < 1.29 is 43.0 Å². The summed E-state index contributed by atoms with van der Waals surface area (Å²) < 4.78 is 10.7. The zero-order valence-corrected chi connectivity index (χ0v) is 50.6. The van der Waals surface area contributed by atoms with Gasteiger partial charge in [-0.3, -0.25) is 33.6 Å². The van der Waals surface area contributed by atoms with Gasteiger partial charge in [0, 0.05) is 101 Å². The number of hydrogen-bond donors (Lipinski definition) is 0. The molecule has 422 valence electrons.